The molecular formula is C25H28ClN5. The standard InChI is InChI=1S/C25H28ClN5/c1-17(2)29-20-6-5-13-31(16-20)24-21-7-3-4-8-23(21)30-25(22(24)14-27)28-15-18-9-11-19(26)12-10-18/h3-4,7-12,17,20,29H,5-6,13,15-16H2,1-2H3,(H,28,30). The number of para-hydroxylation sites is 1. The molecule has 4 rings (SSSR count). The highest BCUT2D eigenvalue weighted by atomic mass is 35.5. The maximum atomic E-state index is 10.1. The van der Waals surface area contributed by atoms with Gasteiger partial charge in [-0.3, -0.25) is 0 Å². The van der Waals surface area contributed by atoms with Crippen molar-refractivity contribution in [1.29, 1.82) is 5.26 Å². The van der Waals surface area contributed by atoms with Gasteiger partial charge in [0.15, 0.2) is 0 Å². The van der Waals surface area contributed by atoms with Crippen LogP contribution in [0, 0.1) is 11.3 Å². The molecule has 0 radical (unpaired) electrons. The number of nitrogens with zero attached hydrogens (tertiary/aromatic N) is 3. The number of nitriles is 1. The van der Waals surface area contributed by atoms with Gasteiger partial charge < -0.3 is 15.5 Å². The second kappa shape index (κ2) is 9.55. The average molecular weight is 434 g/mol. The molecule has 1 fully saturated rings. The quantitative estimate of drug-likeness (QED) is 0.549. The number of rotatable bonds is 6. The Bertz CT molecular complexity index is 1090. The molecule has 2 N–H and O–H groups in total. The van der Waals surface area contributed by atoms with Gasteiger partial charge in [0.2, 0.25) is 0 Å². The van der Waals surface area contributed by atoms with Gasteiger partial charge in [-0.1, -0.05) is 55.8 Å². The predicted octanol–water partition coefficient (Wildman–Crippen LogP) is 5.34. The molecule has 0 spiro atoms. The summed E-state index contributed by atoms with van der Waals surface area (Å²) in [5, 5.41) is 18.9. The molecule has 0 amide bonds. The van der Waals surface area contributed by atoms with E-state index in [0.29, 0.717) is 35.0 Å². The number of halogens is 1. The average Bonchev–Trinajstić information content (AvgIpc) is 2.77. The summed E-state index contributed by atoms with van der Waals surface area (Å²) in [6.07, 6.45) is 2.25. The Kier molecular flexibility index (Phi) is 6.60. The van der Waals surface area contributed by atoms with Crippen LogP contribution >= 0.6 is 11.6 Å². The first kappa shape index (κ1) is 21.4. The molecule has 0 bridgehead atoms. The summed E-state index contributed by atoms with van der Waals surface area (Å²) in [6.45, 7) is 6.77. The Morgan fingerprint density at radius 3 is 2.71 bits per heavy atom. The maximum absolute atomic E-state index is 10.1. The zero-order valence-electron chi connectivity index (χ0n) is 18.0. The molecule has 1 aliphatic heterocycles. The minimum absolute atomic E-state index is 0.415. The van der Waals surface area contributed by atoms with E-state index in [4.69, 9.17) is 16.6 Å². The molecular weight excluding hydrogens is 406 g/mol. The maximum Gasteiger partial charge on any atom is 0.147 e. The van der Waals surface area contributed by atoms with Gasteiger partial charge in [-0.05, 0) is 36.6 Å². The molecule has 3 aromatic rings. The first-order valence-electron chi connectivity index (χ1n) is 10.9. The fourth-order valence-corrected chi connectivity index (χ4v) is 4.46. The van der Waals surface area contributed by atoms with Crippen LogP contribution in [0.15, 0.2) is 48.5 Å². The second-order valence-electron chi connectivity index (χ2n) is 8.40. The Morgan fingerprint density at radius 1 is 1.19 bits per heavy atom. The van der Waals surface area contributed by atoms with Gasteiger partial charge in [-0.15, -0.1) is 0 Å². The van der Waals surface area contributed by atoms with Crippen molar-refractivity contribution in [3.05, 3.63) is 64.7 Å². The smallest absolute Gasteiger partial charge is 0.147 e. The minimum Gasteiger partial charge on any atom is -0.368 e. The van der Waals surface area contributed by atoms with Gasteiger partial charge in [-0.25, -0.2) is 4.98 Å². The number of hydrogen-bond acceptors (Lipinski definition) is 5. The van der Waals surface area contributed by atoms with Crippen LogP contribution in [0.1, 0.15) is 37.8 Å². The molecule has 1 saturated heterocycles. The first-order valence-corrected chi connectivity index (χ1v) is 11.2. The molecule has 31 heavy (non-hydrogen) atoms. The molecule has 1 aliphatic rings. The van der Waals surface area contributed by atoms with E-state index in [-0.39, 0.29) is 0 Å². The lowest BCUT2D eigenvalue weighted by Gasteiger charge is -2.37. The normalized spacial score (nSPS) is 16.5. The van der Waals surface area contributed by atoms with E-state index in [1.54, 1.807) is 0 Å². The third kappa shape index (κ3) is 4.92. The molecule has 1 atom stereocenters. The minimum atomic E-state index is 0.415. The second-order valence-corrected chi connectivity index (χ2v) is 8.84. The molecule has 2 aromatic carbocycles. The van der Waals surface area contributed by atoms with Gasteiger partial charge >= 0.3 is 0 Å². The fraction of sp³-hybridized carbons (Fsp3) is 0.360. The van der Waals surface area contributed by atoms with E-state index in [0.717, 1.165) is 48.1 Å². The number of hydrogen-bond donors (Lipinski definition) is 2. The van der Waals surface area contributed by atoms with Crippen molar-refractivity contribution in [3.8, 4) is 6.07 Å². The van der Waals surface area contributed by atoms with Gasteiger partial charge in [0.05, 0.1) is 11.2 Å². The summed E-state index contributed by atoms with van der Waals surface area (Å²) in [5.74, 6) is 0.630. The van der Waals surface area contributed by atoms with Gasteiger partial charge in [-0.2, -0.15) is 5.26 Å². The van der Waals surface area contributed by atoms with E-state index in [1.165, 1.54) is 0 Å². The van der Waals surface area contributed by atoms with Gasteiger partial charge in [0.25, 0.3) is 0 Å². The van der Waals surface area contributed by atoms with Crippen molar-refractivity contribution in [3.63, 3.8) is 0 Å². The number of piperidine rings is 1. The third-order valence-corrected chi connectivity index (χ3v) is 5.91. The van der Waals surface area contributed by atoms with Gasteiger partial charge in [0.1, 0.15) is 17.5 Å². The van der Waals surface area contributed by atoms with Crippen molar-refractivity contribution in [2.24, 2.45) is 0 Å². The summed E-state index contributed by atoms with van der Waals surface area (Å²) in [7, 11) is 0. The zero-order chi connectivity index (χ0) is 21.8. The summed E-state index contributed by atoms with van der Waals surface area (Å²) in [6, 6.07) is 19.1. The molecule has 0 saturated carbocycles. The number of nitrogens with one attached hydrogen (secondary N) is 2. The molecule has 2 heterocycles. The molecule has 0 aliphatic carbocycles. The largest absolute Gasteiger partial charge is 0.368 e. The van der Waals surface area contributed by atoms with Crippen molar-refractivity contribution in [2.45, 2.75) is 45.3 Å². The molecule has 160 valence electrons. The van der Waals surface area contributed by atoms with Crippen LogP contribution in [-0.4, -0.2) is 30.2 Å². The highest BCUT2D eigenvalue weighted by Crippen LogP contribution is 2.35. The summed E-state index contributed by atoms with van der Waals surface area (Å²) in [5.41, 5.74) is 3.58. The van der Waals surface area contributed by atoms with Crippen LogP contribution in [0.4, 0.5) is 11.5 Å². The van der Waals surface area contributed by atoms with Crippen LogP contribution in [0.5, 0.6) is 0 Å². The monoisotopic (exact) mass is 433 g/mol. The Labute approximate surface area is 189 Å². The predicted molar refractivity (Wildman–Crippen MR) is 129 cm³/mol. The lowest BCUT2D eigenvalue weighted by atomic mass is 10.0. The van der Waals surface area contributed by atoms with Crippen molar-refractivity contribution in [2.75, 3.05) is 23.3 Å². The van der Waals surface area contributed by atoms with E-state index in [9.17, 15) is 5.26 Å². The van der Waals surface area contributed by atoms with Crippen molar-refractivity contribution in [1.82, 2.24) is 10.3 Å². The van der Waals surface area contributed by atoms with E-state index in [1.807, 2.05) is 42.5 Å². The third-order valence-electron chi connectivity index (χ3n) is 5.66. The number of anilines is 2. The van der Waals surface area contributed by atoms with E-state index in [2.05, 4.69) is 41.5 Å². The fourth-order valence-electron chi connectivity index (χ4n) is 4.33. The molecule has 1 aromatic heterocycles. The molecule has 5 nitrogen and oxygen atoms in total. The summed E-state index contributed by atoms with van der Waals surface area (Å²) >= 11 is 6.01. The number of benzene rings is 2. The Hall–Kier alpha value is -2.81. The Balaban J connectivity index is 1.71. The summed E-state index contributed by atoms with van der Waals surface area (Å²) < 4.78 is 0. The van der Waals surface area contributed by atoms with E-state index < -0.39 is 0 Å². The van der Waals surface area contributed by atoms with Crippen molar-refractivity contribution < 1.29 is 0 Å². The van der Waals surface area contributed by atoms with E-state index >= 15 is 0 Å². The number of fused-ring (bicyclic) bond motifs is 1. The zero-order valence-corrected chi connectivity index (χ0v) is 18.8. The Morgan fingerprint density at radius 2 is 1.97 bits per heavy atom. The van der Waals surface area contributed by atoms with Crippen LogP contribution in [0.25, 0.3) is 10.9 Å². The number of aromatic nitrogens is 1. The van der Waals surface area contributed by atoms with Crippen LogP contribution in [-0.2, 0) is 6.54 Å². The van der Waals surface area contributed by atoms with Crippen LogP contribution in [0.2, 0.25) is 5.02 Å². The first-order chi connectivity index (χ1) is 15.0. The number of pyridine rings is 1. The van der Waals surface area contributed by atoms with Crippen molar-refractivity contribution >= 4 is 34.0 Å². The lowest BCUT2D eigenvalue weighted by Crippen LogP contribution is -2.48. The van der Waals surface area contributed by atoms with Gasteiger partial charge in [0, 0.05) is 42.1 Å². The SMILES string of the molecule is CC(C)NC1CCCN(c2c(C#N)c(NCc3ccc(Cl)cc3)nc3ccccc23)C1. The highest BCUT2D eigenvalue weighted by Gasteiger charge is 2.26. The molecule has 6 heteroatoms. The summed E-state index contributed by atoms with van der Waals surface area (Å²) in [4.78, 5) is 7.16. The van der Waals surface area contributed by atoms with Crippen LogP contribution < -0.4 is 15.5 Å². The lowest BCUT2D eigenvalue weighted by molar-refractivity contribution is 0.395. The van der Waals surface area contributed by atoms with Crippen LogP contribution in [0.3, 0.4) is 0 Å². The molecule has 1 unspecified atom stereocenters. The highest BCUT2D eigenvalue weighted by molar-refractivity contribution is 6.30. The topological polar surface area (TPSA) is 64.0 Å².